The molecule has 0 aliphatic carbocycles. The number of nitrogens with zero attached hydrogens (tertiary/aromatic N) is 3. The quantitative estimate of drug-likeness (QED) is 0.225. The predicted octanol–water partition coefficient (Wildman–Crippen LogP) is 3.10. The third-order valence-electron chi connectivity index (χ3n) is 4.41. The summed E-state index contributed by atoms with van der Waals surface area (Å²) in [5.74, 6) is -1.65. The number of methoxy groups -OCH3 is 1. The molecule has 0 aliphatic heterocycles. The monoisotopic (exact) mass is 469 g/mol. The number of ether oxygens (including phenoxy) is 2. The Morgan fingerprint density at radius 1 is 1.21 bits per heavy atom. The summed E-state index contributed by atoms with van der Waals surface area (Å²) in [4.78, 5) is 51.1. The number of esters is 2. The summed E-state index contributed by atoms with van der Waals surface area (Å²) >= 11 is 1.12. The van der Waals surface area contributed by atoms with E-state index < -0.39 is 22.8 Å². The van der Waals surface area contributed by atoms with Gasteiger partial charge in [0, 0.05) is 18.2 Å². The number of carbonyl (C=O) groups is 3. The molecule has 0 aliphatic rings. The second-order valence-corrected chi connectivity index (χ2v) is 7.59. The lowest BCUT2D eigenvalue weighted by Crippen LogP contribution is -2.22. The Hall–Kier alpha value is -4.12. The molecule has 0 saturated heterocycles. The van der Waals surface area contributed by atoms with Crippen LogP contribution in [0.3, 0.4) is 0 Å². The molecule has 33 heavy (non-hydrogen) atoms. The molecular formula is C22H19N3O7S. The topological polar surface area (TPSA) is 130 Å². The van der Waals surface area contributed by atoms with Crippen molar-refractivity contribution < 1.29 is 28.8 Å². The highest BCUT2D eigenvalue weighted by atomic mass is 32.1. The molecule has 3 aromatic rings. The number of amides is 1. The van der Waals surface area contributed by atoms with Crippen molar-refractivity contribution in [3.8, 4) is 0 Å². The van der Waals surface area contributed by atoms with Gasteiger partial charge in [-0.05, 0) is 36.8 Å². The minimum absolute atomic E-state index is 0.0978. The minimum Gasteiger partial charge on any atom is -0.468 e. The molecule has 1 aromatic heterocycles. The summed E-state index contributed by atoms with van der Waals surface area (Å²) in [6, 6.07) is 10.6. The molecule has 0 radical (unpaired) electrons. The number of carbonyl (C=O) groups excluding carboxylic acids is 3. The average molecular weight is 469 g/mol. The lowest BCUT2D eigenvalue weighted by atomic mass is 10.2. The molecular weight excluding hydrogens is 450 g/mol. The summed E-state index contributed by atoms with van der Waals surface area (Å²) in [7, 11) is 1.25. The molecule has 1 heterocycles. The van der Waals surface area contributed by atoms with Crippen molar-refractivity contribution in [3.05, 3.63) is 74.6 Å². The van der Waals surface area contributed by atoms with Gasteiger partial charge in [0.1, 0.15) is 6.54 Å². The van der Waals surface area contributed by atoms with Crippen molar-refractivity contribution in [3.63, 3.8) is 0 Å². The summed E-state index contributed by atoms with van der Waals surface area (Å²) in [6.45, 7) is 1.75. The lowest BCUT2D eigenvalue weighted by molar-refractivity contribution is -0.384. The van der Waals surface area contributed by atoms with Crippen LogP contribution in [0, 0.1) is 10.1 Å². The summed E-state index contributed by atoms with van der Waals surface area (Å²) in [5.41, 5.74) is 1.29. The van der Waals surface area contributed by atoms with Crippen LogP contribution in [0.25, 0.3) is 16.3 Å². The standard InChI is InChI=1S/C22H19N3O7S/c1-3-32-21(28)15-8-9-17-18(12-15)33-22(24(17)13-20(27)31-2)23-19(26)10-7-14-5-4-6-16(11-14)25(29)30/h4-12H,3,13H2,1-2H3. The fraction of sp³-hybridized carbons (Fsp3) is 0.182. The number of benzene rings is 2. The van der Waals surface area contributed by atoms with Gasteiger partial charge in [-0.25, -0.2) is 4.79 Å². The van der Waals surface area contributed by atoms with Gasteiger partial charge in [0.2, 0.25) is 0 Å². The SMILES string of the molecule is CCOC(=O)c1ccc2c(c1)sc(=NC(=O)C=Cc1cccc([N+](=O)[O-])c1)n2CC(=O)OC. The summed E-state index contributed by atoms with van der Waals surface area (Å²) < 4.78 is 11.9. The van der Waals surface area contributed by atoms with Gasteiger partial charge in [-0.3, -0.25) is 19.7 Å². The van der Waals surface area contributed by atoms with Gasteiger partial charge >= 0.3 is 11.9 Å². The fourth-order valence-electron chi connectivity index (χ4n) is 2.89. The van der Waals surface area contributed by atoms with Crippen LogP contribution >= 0.6 is 11.3 Å². The Bertz CT molecular complexity index is 1340. The normalized spacial score (nSPS) is 11.6. The number of non-ortho nitro benzene ring substituents is 1. The molecule has 0 unspecified atom stereocenters. The zero-order valence-electron chi connectivity index (χ0n) is 17.7. The zero-order chi connectivity index (χ0) is 24.0. The number of fused-ring (bicyclic) bond motifs is 1. The second kappa shape index (κ2) is 10.5. The van der Waals surface area contributed by atoms with E-state index in [-0.39, 0.29) is 23.6 Å². The molecule has 2 aromatic carbocycles. The number of thiazole rings is 1. The average Bonchev–Trinajstić information content (AvgIpc) is 3.13. The maximum Gasteiger partial charge on any atom is 0.338 e. The maximum atomic E-state index is 12.5. The number of rotatable bonds is 7. The predicted molar refractivity (Wildman–Crippen MR) is 120 cm³/mol. The molecule has 0 atom stereocenters. The zero-order valence-corrected chi connectivity index (χ0v) is 18.5. The molecule has 0 fully saturated rings. The van der Waals surface area contributed by atoms with E-state index in [1.807, 2.05) is 0 Å². The molecule has 10 nitrogen and oxygen atoms in total. The van der Waals surface area contributed by atoms with E-state index in [0.29, 0.717) is 21.3 Å². The van der Waals surface area contributed by atoms with E-state index >= 15 is 0 Å². The molecule has 0 spiro atoms. The van der Waals surface area contributed by atoms with Gasteiger partial charge in [0.25, 0.3) is 11.6 Å². The number of aromatic nitrogens is 1. The van der Waals surface area contributed by atoms with Crippen molar-refractivity contribution in [1.82, 2.24) is 4.57 Å². The van der Waals surface area contributed by atoms with Gasteiger partial charge < -0.3 is 14.0 Å². The second-order valence-electron chi connectivity index (χ2n) is 6.59. The first kappa shape index (κ1) is 23.5. The van der Waals surface area contributed by atoms with Gasteiger partial charge in [0.05, 0.1) is 34.4 Å². The van der Waals surface area contributed by atoms with E-state index in [4.69, 9.17) is 9.47 Å². The largest absolute Gasteiger partial charge is 0.468 e. The van der Waals surface area contributed by atoms with Crippen LogP contribution in [0.1, 0.15) is 22.8 Å². The first-order valence-corrected chi connectivity index (χ1v) is 10.5. The van der Waals surface area contributed by atoms with E-state index in [1.54, 1.807) is 31.2 Å². The van der Waals surface area contributed by atoms with E-state index in [2.05, 4.69) is 4.99 Å². The number of nitro groups is 1. The van der Waals surface area contributed by atoms with E-state index in [1.165, 1.54) is 42.0 Å². The van der Waals surface area contributed by atoms with Crippen molar-refractivity contribution in [2.24, 2.45) is 4.99 Å². The Labute approximate surface area is 191 Å². The van der Waals surface area contributed by atoms with Gasteiger partial charge in [-0.1, -0.05) is 23.5 Å². The molecule has 0 bridgehead atoms. The van der Waals surface area contributed by atoms with Crippen LogP contribution in [0.2, 0.25) is 0 Å². The molecule has 0 saturated carbocycles. The van der Waals surface area contributed by atoms with Gasteiger partial charge in [-0.15, -0.1) is 0 Å². The first-order chi connectivity index (χ1) is 15.8. The van der Waals surface area contributed by atoms with Crippen LogP contribution in [0.15, 0.2) is 53.5 Å². The molecule has 1 amide bonds. The third kappa shape index (κ3) is 5.77. The van der Waals surface area contributed by atoms with Crippen molar-refractivity contribution in [2.75, 3.05) is 13.7 Å². The highest BCUT2D eigenvalue weighted by Crippen LogP contribution is 2.20. The van der Waals surface area contributed by atoms with Crippen molar-refractivity contribution in [1.29, 1.82) is 0 Å². The highest BCUT2D eigenvalue weighted by molar-refractivity contribution is 7.16. The summed E-state index contributed by atoms with van der Waals surface area (Å²) in [5, 5.41) is 10.9. The molecule has 3 rings (SSSR count). The van der Waals surface area contributed by atoms with E-state index in [0.717, 1.165) is 11.3 Å². The highest BCUT2D eigenvalue weighted by Gasteiger charge is 2.14. The van der Waals surface area contributed by atoms with Gasteiger partial charge in [0.15, 0.2) is 4.80 Å². The van der Waals surface area contributed by atoms with Crippen LogP contribution < -0.4 is 4.80 Å². The third-order valence-corrected chi connectivity index (χ3v) is 5.46. The number of hydrogen-bond donors (Lipinski definition) is 0. The smallest absolute Gasteiger partial charge is 0.338 e. The number of nitro benzene ring substituents is 1. The number of hydrogen-bond acceptors (Lipinski definition) is 8. The Kier molecular flexibility index (Phi) is 7.46. The van der Waals surface area contributed by atoms with Crippen molar-refractivity contribution in [2.45, 2.75) is 13.5 Å². The Balaban J connectivity index is 2.00. The van der Waals surface area contributed by atoms with Crippen LogP contribution in [-0.4, -0.2) is 41.1 Å². The van der Waals surface area contributed by atoms with Crippen LogP contribution in [0.5, 0.6) is 0 Å². The van der Waals surface area contributed by atoms with Crippen LogP contribution in [0.4, 0.5) is 5.69 Å². The fourth-order valence-corrected chi connectivity index (χ4v) is 3.96. The first-order valence-electron chi connectivity index (χ1n) is 9.71. The maximum absolute atomic E-state index is 12.5. The molecule has 170 valence electrons. The van der Waals surface area contributed by atoms with Crippen LogP contribution in [-0.2, 0) is 25.6 Å². The lowest BCUT2D eigenvalue weighted by Gasteiger charge is -2.04. The Morgan fingerprint density at radius 2 is 2.00 bits per heavy atom. The van der Waals surface area contributed by atoms with E-state index in [9.17, 15) is 24.5 Å². The minimum atomic E-state index is -0.628. The van der Waals surface area contributed by atoms with Crippen molar-refractivity contribution >= 4 is 51.2 Å². The summed E-state index contributed by atoms with van der Waals surface area (Å²) in [6.07, 6.45) is 2.59. The molecule has 0 N–H and O–H groups in total. The Morgan fingerprint density at radius 3 is 2.70 bits per heavy atom. The molecule has 11 heteroatoms. The van der Waals surface area contributed by atoms with Gasteiger partial charge in [-0.2, -0.15) is 4.99 Å².